The van der Waals surface area contributed by atoms with Crippen LogP contribution in [0.15, 0.2) is 70.5 Å². The molecule has 5 rings (SSSR count). The van der Waals surface area contributed by atoms with Crippen LogP contribution in [-0.2, 0) is 10.5 Å². The summed E-state index contributed by atoms with van der Waals surface area (Å²) in [5, 5.41) is 2.09. The van der Waals surface area contributed by atoms with Crippen LogP contribution in [0.2, 0.25) is 0 Å². The number of carbonyl (C=O) groups excluding carboxylic acids is 2. The van der Waals surface area contributed by atoms with Crippen LogP contribution in [0.25, 0.3) is 0 Å². The van der Waals surface area contributed by atoms with Crippen molar-refractivity contribution in [3.05, 3.63) is 93.4 Å². The van der Waals surface area contributed by atoms with Crippen LogP contribution >= 0.6 is 11.8 Å². The van der Waals surface area contributed by atoms with Gasteiger partial charge in [0, 0.05) is 29.0 Å². The van der Waals surface area contributed by atoms with Crippen molar-refractivity contribution in [1.29, 1.82) is 0 Å². The first kappa shape index (κ1) is 25.1. The quantitative estimate of drug-likeness (QED) is 0.458. The molecule has 0 fully saturated rings. The van der Waals surface area contributed by atoms with Crippen molar-refractivity contribution >= 4 is 23.6 Å². The highest BCUT2D eigenvalue weighted by Gasteiger charge is 2.40. The lowest BCUT2D eigenvalue weighted by Gasteiger charge is -2.45. The summed E-state index contributed by atoms with van der Waals surface area (Å²) in [7, 11) is 0. The molecule has 192 valence electrons. The lowest BCUT2D eigenvalue weighted by atomic mass is 9.94. The fourth-order valence-electron chi connectivity index (χ4n) is 4.71. The normalized spacial score (nSPS) is 17.1. The van der Waals surface area contributed by atoms with E-state index < -0.39 is 16.8 Å². The van der Waals surface area contributed by atoms with Crippen molar-refractivity contribution in [3.8, 4) is 5.75 Å². The van der Waals surface area contributed by atoms with Crippen LogP contribution in [-0.4, -0.2) is 34.2 Å². The Kier molecular flexibility index (Phi) is 6.40. The Morgan fingerprint density at radius 1 is 1.00 bits per heavy atom. The number of hydrogen-bond donors (Lipinski definition) is 0. The van der Waals surface area contributed by atoms with Gasteiger partial charge in [-0.1, -0.05) is 42.5 Å². The molecule has 2 aromatic carbocycles. The summed E-state index contributed by atoms with van der Waals surface area (Å²) in [6.07, 6.45) is 1.62. The Bertz CT molecular complexity index is 1390. The van der Waals surface area contributed by atoms with Gasteiger partial charge in [-0.15, -0.1) is 11.8 Å². The number of amides is 1. The Morgan fingerprint density at radius 2 is 1.68 bits per heavy atom. The van der Waals surface area contributed by atoms with Crippen LogP contribution in [0.1, 0.15) is 67.8 Å². The van der Waals surface area contributed by atoms with Gasteiger partial charge in [-0.3, -0.25) is 24.1 Å². The summed E-state index contributed by atoms with van der Waals surface area (Å²) in [4.78, 5) is 42.5. The molecule has 1 amide bonds. The van der Waals surface area contributed by atoms with Crippen molar-refractivity contribution in [2.24, 2.45) is 5.41 Å². The molecule has 2 aliphatic rings. The molecular weight excluding hydrogens is 486 g/mol. The van der Waals surface area contributed by atoms with E-state index in [-0.39, 0.29) is 29.4 Å². The van der Waals surface area contributed by atoms with Gasteiger partial charge in [-0.25, -0.2) is 0 Å². The molecule has 0 radical (unpaired) electrons. The summed E-state index contributed by atoms with van der Waals surface area (Å²) < 4.78 is 7.37. The number of pyridine rings is 1. The number of thioether (sulfide) groups is 1. The van der Waals surface area contributed by atoms with Crippen molar-refractivity contribution in [1.82, 2.24) is 9.58 Å². The maximum Gasteiger partial charge on any atom is 0.316 e. The van der Waals surface area contributed by atoms with Crippen molar-refractivity contribution in [2.45, 2.75) is 57.4 Å². The Balaban J connectivity index is 1.76. The minimum Gasteiger partial charge on any atom is -0.419 e. The fraction of sp³-hybridized carbons (Fsp3) is 0.345. The predicted octanol–water partition coefficient (Wildman–Crippen LogP) is 4.95. The van der Waals surface area contributed by atoms with Gasteiger partial charge in [0.25, 0.3) is 5.91 Å². The van der Waals surface area contributed by atoms with Gasteiger partial charge in [0.15, 0.2) is 5.69 Å². The van der Waals surface area contributed by atoms with E-state index >= 15 is 0 Å². The second-order valence-corrected chi connectivity index (χ2v) is 11.7. The topological polar surface area (TPSA) is 71.8 Å². The summed E-state index contributed by atoms with van der Waals surface area (Å²) in [6, 6.07) is 17.6. The summed E-state index contributed by atoms with van der Waals surface area (Å²) in [5.74, 6) is -0.311. The Labute approximate surface area is 221 Å². The molecule has 2 aliphatic heterocycles. The predicted molar refractivity (Wildman–Crippen MR) is 144 cm³/mol. The molecule has 1 atom stereocenters. The lowest BCUT2D eigenvalue weighted by Crippen LogP contribution is -2.57. The van der Waals surface area contributed by atoms with Crippen LogP contribution in [0.5, 0.6) is 5.75 Å². The highest BCUT2D eigenvalue weighted by atomic mass is 32.2. The largest absolute Gasteiger partial charge is 0.419 e. The maximum atomic E-state index is 13.8. The lowest BCUT2D eigenvalue weighted by molar-refractivity contribution is -0.143. The highest BCUT2D eigenvalue weighted by Crippen LogP contribution is 2.43. The van der Waals surface area contributed by atoms with Crippen LogP contribution in [0.3, 0.4) is 0 Å². The molecule has 3 aromatic rings. The second kappa shape index (κ2) is 9.41. The van der Waals surface area contributed by atoms with E-state index in [0.717, 1.165) is 16.9 Å². The molecule has 3 heterocycles. The molecular formula is C29H31N3O4S. The zero-order valence-corrected chi connectivity index (χ0v) is 22.5. The minimum absolute atomic E-state index is 0.0666. The number of benzene rings is 2. The smallest absolute Gasteiger partial charge is 0.316 e. The van der Waals surface area contributed by atoms with Gasteiger partial charge >= 0.3 is 5.97 Å². The SMILES string of the molecule is CC(C)N1CN(C2c3ccccc3CSc3ccccc32)n2ccc(=O)c(OC(=O)C(C)(C)C)c2C1=O. The standard InChI is InChI=1S/C29H31N3O4S/c1-18(2)30-17-32(24-20-11-7-6-10-19(20)16-37-23-13-9-8-12-21(23)24)31-15-14-22(33)26(25(31)27(30)34)36-28(35)29(3,4)5/h6-15,18,24H,16-17H2,1-5H3. The second-order valence-electron chi connectivity index (χ2n) is 10.7. The summed E-state index contributed by atoms with van der Waals surface area (Å²) in [6.45, 7) is 9.34. The number of esters is 1. The molecule has 37 heavy (non-hydrogen) atoms. The number of fused-ring (bicyclic) bond motifs is 3. The molecule has 8 heteroatoms. The minimum atomic E-state index is -0.842. The van der Waals surface area contributed by atoms with Gasteiger partial charge in [0.05, 0.1) is 11.5 Å². The van der Waals surface area contributed by atoms with Gasteiger partial charge in [0.2, 0.25) is 11.2 Å². The third-order valence-corrected chi connectivity index (χ3v) is 7.89. The number of hydrogen-bond acceptors (Lipinski definition) is 6. The van der Waals surface area contributed by atoms with Gasteiger partial charge in [-0.05, 0) is 57.4 Å². The first-order valence-electron chi connectivity index (χ1n) is 12.4. The van der Waals surface area contributed by atoms with Crippen LogP contribution < -0.4 is 15.2 Å². The molecule has 0 bridgehead atoms. The van der Waals surface area contributed by atoms with E-state index in [9.17, 15) is 14.4 Å². The maximum absolute atomic E-state index is 13.8. The van der Waals surface area contributed by atoms with E-state index in [2.05, 4.69) is 29.3 Å². The van der Waals surface area contributed by atoms with E-state index in [1.807, 2.05) is 38.1 Å². The molecule has 1 aromatic heterocycles. The van der Waals surface area contributed by atoms with E-state index in [0.29, 0.717) is 6.67 Å². The molecule has 0 spiro atoms. The van der Waals surface area contributed by atoms with Crippen molar-refractivity contribution < 1.29 is 14.3 Å². The zero-order chi connectivity index (χ0) is 26.5. The zero-order valence-electron chi connectivity index (χ0n) is 21.7. The number of carbonyl (C=O) groups is 2. The number of nitrogens with zero attached hydrogens (tertiary/aromatic N) is 3. The highest BCUT2D eigenvalue weighted by molar-refractivity contribution is 7.98. The molecule has 0 N–H and O–H groups in total. The first-order valence-corrected chi connectivity index (χ1v) is 13.4. The number of ether oxygens (including phenoxy) is 1. The van der Waals surface area contributed by atoms with Crippen LogP contribution in [0, 0.1) is 5.41 Å². The van der Waals surface area contributed by atoms with E-state index in [1.54, 1.807) is 48.3 Å². The Morgan fingerprint density at radius 3 is 2.38 bits per heavy atom. The Hall–Kier alpha value is -3.52. The monoisotopic (exact) mass is 517 g/mol. The fourth-order valence-corrected chi connectivity index (χ4v) is 5.80. The van der Waals surface area contributed by atoms with Crippen molar-refractivity contribution in [3.63, 3.8) is 0 Å². The average molecular weight is 518 g/mol. The summed E-state index contributed by atoms with van der Waals surface area (Å²) in [5.41, 5.74) is 2.19. The van der Waals surface area contributed by atoms with Crippen LogP contribution in [0.4, 0.5) is 0 Å². The van der Waals surface area contributed by atoms with Gasteiger partial charge in [-0.2, -0.15) is 0 Å². The third-order valence-electron chi connectivity index (χ3n) is 6.75. The average Bonchev–Trinajstić information content (AvgIpc) is 3.02. The first-order chi connectivity index (χ1) is 17.6. The molecule has 0 saturated carbocycles. The molecule has 7 nitrogen and oxygen atoms in total. The third kappa shape index (κ3) is 4.44. The van der Waals surface area contributed by atoms with E-state index in [1.165, 1.54) is 16.5 Å². The summed E-state index contributed by atoms with van der Waals surface area (Å²) >= 11 is 1.79. The molecule has 1 unspecified atom stereocenters. The molecule has 0 aliphatic carbocycles. The molecule has 0 saturated heterocycles. The van der Waals surface area contributed by atoms with E-state index in [4.69, 9.17) is 4.74 Å². The van der Waals surface area contributed by atoms with Gasteiger partial charge in [0.1, 0.15) is 6.67 Å². The number of rotatable bonds is 3. The number of aromatic nitrogens is 1. The van der Waals surface area contributed by atoms with Gasteiger partial charge < -0.3 is 9.64 Å². The van der Waals surface area contributed by atoms with Crippen molar-refractivity contribution in [2.75, 3.05) is 11.7 Å².